The first-order chi connectivity index (χ1) is 11.7. The van der Waals surface area contributed by atoms with Crippen LogP contribution in [-0.2, 0) is 7.05 Å². The minimum absolute atomic E-state index is 0.0577. The summed E-state index contributed by atoms with van der Waals surface area (Å²) in [6.07, 6.45) is 5.60. The van der Waals surface area contributed by atoms with Crippen LogP contribution in [0.2, 0.25) is 0 Å². The second-order valence-electron chi connectivity index (χ2n) is 5.89. The molecule has 1 aliphatic rings. The van der Waals surface area contributed by atoms with Gasteiger partial charge in [-0.3, -0.25) is 9.78 Å². The number of amides is 1. The Morgan fingerprint density at radius 2 is 2.00 bits per heavy atom. The van der Waals surface area contributed by atoms with Crippen LogP contribution in [0.5, 0.6) is 0 Å². The molecule has 1 fully saturated rings. The Morgan fingerprint density at radius 1 is 1.17 bits per heavy atom. The van der Waals surface area contributed by atoms with Gasteiger partial charge in [-0.1, -0.05) is 0 Å². The number of hydrogen-bond donors (Lipinski definition) is 1. The fraction of sp³-hybridized carbons (Fsp3) is 0.294. The van der Waals surface area contributed by atoms with E-state index in [0.29, 0.717) is 18.8 Å². The monoisotopic (exact) mass is 322 g/mol. The van der Waals surface area contributed by atoms with Crippen LogP contribution >= 0.6 is 0 Å². The maximum Gasteiger partial charge on any atom is 0.274 e. The fourth-order valence-electron chi connectivity index (χ4n) is 3.05. The highest BCUT2D eigenvalue weighted by molar-refractivity contribution is 5.95. The molecule has 122 valence electrons. The molecule has 0 aromatic carbocycles. The molecule has 4 heterocycles. The first kappa shape index (κ1) is 14.8. The number of piperazine rings is 1. The molecule has 7 nitrogen and oxygen atoms in total. The van der Waals surface area contributed by atoms with Gasteiger partial charge in [0.15, 0.2) is 5.69 Å². The van der Waals surface area contributed by atoms with Gasteiger partial charge in [0.2, 0.25) is 0 Å². The van der Waals surface area contributed by atoms with Gasteiger partial charge >= 0.3 is 0 Å². The van der Waals surface area contributed by atoms with Crippen LogP contribution in [0.1, 0.15) is 10.5 Å². The average Bonchev–Trinajstić information content (AvgIpc) is 2.99. The number of aryl methyl sites for hydroxylation is 1. The van der Waals surface area contributed by atoms with E-state index < -0.39 is 0 Å². The number of pyridine rings is 1. The van der Waals surface area contributed by atoms with Gasteiger partial charge in [0, 0.05) is 56.6 Å². The van der Waals surface area contributed by atoms with Crippen molar-refractivity contribution in [3.05, 3.63) is 42.5 Å². The number of carbonyl (C=O) groups excluding carboxylic acids is 1. The fourth-order valence-corrected chi connectivity index (χ4v) is 3.05. The Balaban J connectivity index is 1.64. The van der Waals surface area contributed by atoms with Crippen LogP contribution in [0.3, 0.4) is 0 Å². The van der Waals surface area contributed by atoms with E-state index in [-0.39, 0.29) is 5.91 Å². The molecule has 0 radical (unpaired) electrons. The van der Waals surface area contributed by atoms with Crippen LogP contribution in [0.15, 0.2) is 36.8 Å². The van der Waals surface area contributed by atoms with Crippen molar-refractivity contribution < 1.29 is 4.79 Å². The van der Waals surface area contributed by atoms with Crippen LogP contribution in [0.4, 0.5) is 0 Å². The molecule has 0 atom stereocenters. The largest absolute Gasteiger partial charge is 0.349 e. The van der Waals surface area contributed by atoms with Gasteiger partial charge in [-0.05, 0) is 18.2 Å². The van der Waals surface area contributed by atoms with E-state index in [1.807, 2.05) is 41.0 Å². The zero-order valence-corrected chi connectivity index (χ0v) is 13.4. The summed E-state index contributed by atoms with van der Waals surface area (Å²) in [5.74, 6) is -0.0577. The van der Waals surface area contributed by atoms with Crippen LogP contribution in [0, 0.1) is 0 Å². The smallest absolute Gasteiger partial charge is 0.274 e. The van der Waals surface area contributed by atoms with Gasteiger partial charge < -0.3 is 14.8 Å². The average molecular weight is 322 g/mol. The number of hydrogen-bond acceptors (Lipinski definition) is 5. The highest BCUT2D eigenvalue weighted by atomic mass is 16.2. The van der Waals surface area contributed by atoms with Crippen LogP contribution < -0.4 is 5.32 Å². The number of carbonyl (C=O) groups is 1. The maximum atomic E-state index is 12.4. The molecular weight excluding hydrogens is 304 g/mol. The summed E-state index contributed by atoms with van der Waals surface area (Å²) in [5, 5.41) is 12.7. The van der Waals surface area contributed by atoms with E-state index in [2.05, 4.69) is 20.5 Å². The van der Waals surface area contributed by atoms with Gasteiger partial charge in [0.05, 0.1) is 17.4 Å². The lowest BCUT2D eigenvalue weighted by Crippen LogP contribution is -2.46. The Labute approximate surface area is 139 Å². The molecule has 1 aliphatic heterocycles. The molecule has 24 heavy (non-hydrogen) atoms. The van der Waals surface area contributed by atoms with Crippen molar-refractivity contribution in [3.63, 3.8) is 0 Å². The third kappa shape index (κ3) is 2.52. The van der Waals surface area contributed by atoms with Crippen molar-refractivity contribution in [1.82, 2.24) is 30.0 Å². The standard InChI is InChI=1S/C17H18N6O/c1-22-11-13(12-4-5-19-10-16(12)22)14-2-3-15(21-20-14)17(24)23-8-6-18-7-9-23/h2-5,10-11,18H,6-9H2,1H3. The summed E-state index contributed by atoms with van der Waals surface area (Å²) in [4.78, 5) is 18.4. The summed E-state index contributed by atoms with van der Waals surface area (Å²) < 4.78 is 2.01. The summed E-state index contributed by atoms with van der Waals surface area (Å²) >= 11 is 0. The minimum Gasteiger partial charge on any atom is -0.349 e. The van der Waals surface area contributed by atoms with Gasteiger partial charge in [-0.15, -0.1) is 10.2 Å². The lowest BCUT2D eigenvalue weighted by molar-refractivity contribution is 0.0728. The number of aromatic nitrogens is 4. The number of fused-ring (bicyclic) bond motifs is 1. The van der Waals surface area contributed by atoms with Crippen LogP contribution in [-0.4, -0.2) is 56.7 Å². The predicted octanol–water partition coefficient (Wildman–Crippen LogP) is 1.08. The van der Waals surface area contributed by atoms with Gasteiger partial charge in [0.1, 0.15) is 0 Å². The number of rotatable bonds is 2. The van der Waals surface area contributed by atoms with Crippen molar-refractivity contribution in [2.75, 3.05) is 26.2 Å². The highest BCUT2D eigenvalue weighted by Gasteiger charge is 2.20. The molecule has 0 bridgehead atoms. The molecule has 1 saturated heterocycles. The summed E-state index contributed by atoms with van der Waals surface area (Å²) in [7, 11) is 1.98. The molecule has 0 unspecified atom stereocenters. The second kappa shape index (κ2) is 6.01. The van der Waals surface area contributed by atoms with Gasteiger partial charge in [-0.25, -0.2) is 0 Å². The Kier molecular flexibility index (Phi) is 3.70. The molecule has 3 aromatic rings. The Morgan fingerprint density at radius 3 is 2.75 bits per heavy atom. The molecule has 0 saturated carbocycles. The van der Waals surface area contributed by atoms with Crippen molar-refractivity contribution in [3.8, 4) is 11.3 Å². The molecule has 1 N–H and O–H groups in total. The second-order valence-corrected chi connectivity index (χ2v) is 5.89. The van der Waals surface area contributed by atoms with E-state index >= 15 is 0 Å². The van der Waals surface area contributed by atoms with E-state index in [1.165, 1.54) is 0 Å². The molecule has 3 aromatic heterocycles. The highest BCUT2D eigenvalue weighted by Crippen LogP contribution is 2.27. The lowest BCUT2D eigenvalue weighted by Gasteiger charge is -2.26. The Hall–Kier alpha value is -2.80. The van der Waals surface area contributed by atoms with Gasteiger partial charge in [0.25, 0.3) is 5.91 Å². The zero-order valence-electron chi connectivity index (χ0n) is 13.4. The number of nitrogens with zero attached hydrogens (tertiary/aromatic N) is 5. The van der Waals surface area contributed by atoms with E-state index in [4.69, 9.17) is 0 Å². The molecular formula is C17H18N6O. The topological polar surface area (TPSA) is 75.9 Å². The minimum atomic E-state index is -0.0577. The first-order valence-corrected chi connectivity index (χ1v) is 7.97. The van der Waals surface area contributed by atoms with Crippen molar-refractivity contribution in [2.45, 2.75) is 0 Å². The summed E-state index contributed by atoms with van der Waals surface area (Å²) in [6, 6.07) is 5.58. The molecule has 0 aliphatic carbocycles. The predicted molar refractivity (Wildman–Crippen MR) is 90.5 cm³/mol. The van der Waals surface area contributed by atoms with Crippen molar-refractivity contribution >= 4 is 16.8 Å². The molecule has 7 heteroatoms. The zero-order chi connectivity index (χ0) is 16.5. The third-order valence-electron chi connectivity index (χ3n) is 4.36. The van der Waals surface area contributed by atoms with E-state index in [0.717, 1.165) is 35.2 Å². The quantitative estimate of drug-likeness (QED) is 0.764. The summed E-state index contributed by atoms with van der Waals surface area (Å²) in [6.45, 7) is 3.06. The molecule has 1 amide bonds. The van der Waals surface area contributed by atoms with Crippen molar-refractivity contribution in [1.29, 1.82) is 0 Å². The molecule has 0 spiro atoms. The van der Waals surface area contributed by atoms with Crippen molar-refractivity contribution in [2.24, 2.45) is 7.05 Å². The SMILES string of the molecule is Cn1cc(-c2ccc(C(=O)N3CCNCC3)nn2)c2ccncc21. The molecule has 4 rings (SSSR count). The maximum absolute atomic E-state index is 12.4. The van der Waals surface area contributed by atoms with Gasteiger partial charge in [-0.2, -0.15) is 0 Å². The number of nitrogens with one attached hydrogen (secondary N) is 1. The summed E-state index contributed by atoms with van der Waals surface area (Å²) in [5.41, 5.74) is 3.17. The third-order valence-corrected chi connectivity index (χ3v) is 4.36. The Bertz CT molecular complexity index is 880. The van der Waals surface area contributed by atoms with Crippen LogP contribution in [0.25, 0.3) is 22.2 Å². The van der Waals surface area contributed by atoms with E-state index in [9.17, 15) is 4.79 Å². The first-order valence-electron chi connectivity index (χ1n) is 7.97. The lowest BCUT2D eigenvalue weighted by atomic mass is 10.1. The van der Waals surface area contributed by atoms with E-state index in [1.54, 1.807) is 12.3 Å². The normalized spacial score (nSPS) is 15.0.